The molecule has 15 heavy (non-hydrogen) atoms. The Labute approximate surface area is 89.9 Å². The minimum absolute atomic E-state index is 0.0273. The number of ketones is 2. The third-order valence-corrected chi connectivity index (χ3v) is 2.49. The highest BCUT2D eigenvalue weighted by atomic mass is 16.6. The van der Waals surface area contributed by atoms with Gasteiger partial charge in [0, 0.05) is 6.42 Å². The van der Waals surface area contributed by atoms with Gasteiger partial charge >= 0.3 is 0 Å². The Balaban J connectivity index is 2.63. The zero-order chi connectivity index (χ0) is 11.3. The molecule has 0 spiro atoms. The smallest absolute Gasteiger partial charge is 0.146 e. The quantitative estimate of drug-likeness (QED) is 0.640. The van der Waals surface area contributed by atoms with E-state index in [-0.39, 0.29) is 17.7 Å². The Morgan fingerprint density at radius 1 is 1.40 bits per heavy atom. The van der Waals surface area contributed by atoms with E-state index in [9.17, 15) is 9.59 Å². The van der Waals surface area contributed by atoms with E-state index in [0.717, 1.165) is 6.42 Å². The summed E-state index contributed by atoms with van der Waals surface area (Å²) in [4.78, 5) is 23.1. The van der Waals surface area contributed by atoms with Gasteiger partial charge in [0.15, 0.2) is 0 Å². The summed E-state index contributed by atoms with van der Waals surface area (Å²) in [5.74, 6) is -0.783. The normalized spacial score (nSPS) is 23.5. The molecule has 0 N–H and O–H groups in total. The molecular formula is C11H18O4. The summed E-state index contributed by atoms with van der Waals surface area (Å²) in [5, 5.41) is 0. The van der Waals surface area contributed by atoms with Crippen molar-refractivity contribution in [1.82, 2.24) is 0 Å². The summed E-state index contributed by atoms with van der Waals surface area (Å²) in [6.07, 6.45) is 0.815. The molecule has 4 nitrogen and oxygen atoms in total. The first-order valence-electron chi connectivity index (χ1n) is 5.39. The second-order valence-electron chi connectivity index (χ2n) is 3.79. The van der Waals surface area contributed by atoms with Crippen LogP contribution in [0.1, 0.15) is 26.7 Å². The van der Waals surface area contributed by atoms with E-state index in [1.165, 1.54) is 6.92 Å². The molecule has 2 unspecified atom stereocenters. The van der Waals surface area contributed by atoms with Crippen LogP contribution in [0.5, 0.6) is 0 Å². The van der Waals surface area contributed by atoms with Gasteiger partial charge < -0.3 is 9.47 Å². The first kappa shape index (κ1) is 12.3. The second-order valence-corrected chi connectivity index (χ2v) is 3.79. The van der Waals surface area contributed by atoms with Gasteiger partial charge in [0.2, 0.25) is 0 Å². The van der Waals surface area contributed by atoms with Crippen LogP contribution in [0.4, 0.5) is 0 Å². The molecule has 0 aliphatic carbocycles. The topological polar surface area (TPSA) is 52.6 Å². The Hall–Kier alpha value is -0.740. The molecule has 2 atom stereocenters. The van der Waals surface area contributed by atoms with Crippen LogP contribution < -0.4 is 0 Å². The molecule has 0 aromatic heterocycles. The first-order chi connectivity index (χ1) is 7.16. The van der Waals surface area contributed by atoms with Crippen LogP contribution in [0, 0.1) is 5.92 Å². The SMILES string of the molecule is CCCC(=O)C(C(C)=O)C1COCCO1. The first-order valence-corrected chi connectivity index (χ1v) is 5.39. The van der Waals surface area contributed by atoms with Gasteiger partial charge in [0.05, 0.1) is 25.9 Å². The maximum Gasteiger partial charge on any atom is 0.146 e. The lowest BCUT2D eigenvalue weighted by atomic mass is 9.91. The van der Waals surface area contributed by atoms with E-state index in [0.29, 0.717) is 26.2 Å². The molecule has 1 rings (SSSR count). The molecule has 1 aliphatic rings. The zero-order valence-corrected chi connectivity index (χ0v) is 9.32. The van der Waals surface area contributed by atoms with Crippen LogP contribution >= 0.6 is 0 Å². The average molecular weight is 214 g/mol. The van der Waals surface area contributed by atoms with Gasteiger partial charge in [0.25, 0.3) is 0 Å². The molecule has 0 bridgehead atoms. The second kappa shape index (κ2) is 5.98. The number of carbonyl (C=O) groups excluding carboxylic acids is 2. The number of ether oxygens (including phenoxy) is 2. The van der Waals surface area contributed by atoms with Gasteiger partial charge in [0.1, 0.15) is 17.5 Å². The lowest BCUT2D eigenvalue weighted by molar-refractivity contribution is -0.150. The number of carbonyl (C=O) groups is 2. The Kier molecular flexibility index (Phi) is 4.91. The maximum atomic E-state index is 11.7. The molecule has 0 aromatic carbocycles. The van der Waals surface area contributed by atoms with Crippen LogP contribution in [-0.4, -0.2) is 37.5 Å². The summed E-state index contributed by atoms with van der Waals surface area (Å²) < 4.78 is 10.6. The van der Waals surface area contributed by atoms with Gasteiger partial charge in [-0.1, -0.05) is 6.92 Å². The number of rotatable bonds is 5. The minimum Gasteiger partial charge on any atom is -0.376 e. The summed E-state index contributed by atoms with van der Waals surface area (Å²) in [6.45, 7) is 4.72. The fourth-order valence-corrected chi connectivity index (χ4v) is 1.80. The van der Waals surface area contributed by atoms with Crippen LogP contribution in [0.25, 0.3) is 0 Å². The van der Waals surface area contributed by atoms with Crippen molar-refractivity contribution in [2.45, 2.75) is 32.8 Å². The predicted molar refractivity (Wildman–Crippen MR) is 54.6 cm³/mol. The monoisotopic (exact) mass is 214 g/mol. The molecule has 0 aromatic rings. The van der Waals surface area contributed by atoms with E-state index < -0.39 is 5.92 Å². The molecule has 1 heterocycles. The predicted octanol–water partition coefficient (Wildman–Crippen LogP) is 0.976. The van der Waals surface area contributed by atoms with E-state index in [1.807, 2.05) is 6.92 Å². The summed E-state index contributed by atoms with van der Waals surface area (Å²) in [6, 6.07) is 0. The standard InChI is InChI=1S/C11H18O4/c1-3-4-9(13)11(8(2)12)10-7-14-5-6-15-10/h10-11H,3-7H2,1-2H3. The van der Waals surface area contributed by atoms with Gasteiger partial charge in [-0.2, -0.15) is 0 Å². The number of Topliss-reactive ketones (excluding diaryl/α,β-unsaturated/α-hetero) is 2. The molecule has 4 heteroatoms. The van der Waals surface area contributed by atoms with Crippen molar-refractivity contribution in [3.63, 3.8) is 0 Å². The summed E-state index contributed by atoms with van der Waals surface area (Å²) in [5.41, 5.74) is 0. The number of hydrogen-bond acceptors (Lipinski definition) is 4. The van der Waals surface area contributed by atoms with Crippen LogP contribution in [0.3, 0.4) is 0 Å². The highest BCUT2D eigenvalue weighted by Gasteiger charge is 2.33. The minimum atomic E-state index is -0.634. The summed E-state index contributed by atoms with van der Waals surface area (Å²) >= 11 is 0. The highest BCUT2D eigenvalue weighted by Crippen LogP contribution is 2.17. The zero-order valence-electron chi connectivity index (χ0n) is 9.32. The van der Waals surface area contributed by atoms with Gasteiger partial charge in [-0.3, -0.25) is 9.59 Å². The third kappa shape index (κ3) is 3.39. The van der Waals surface area contributed by atoms with Crippen molar-refractivity contribution in [3.8, 4) is 0 Å². The molecule has 0 amide bonds. The molecule has 0 saturated carbocycles. The van der Waals surface area contributed by atoms with Gasteiger partial charge in [-0.25, -0.2) is 0 Å². The van der Waals surface area contributed by atoms with Crippen molar-refractivity contribution in [2.24, 2.45) is 5.92 Å². The lowest BCUT2D eigenvalue weighted by Gasteiger charge is -2.28. The van der Waals surface area contributed by atoms with Crippen molar-refractivity contribution < 1.29 is 19.1 Å². The van der Waals surface area contributed by atoms with Crippen molar-refractivity contribution in [2.75, 3.05) is 19.8 Å². The fourth-order valence-electron chi connectivity index (χ4n) is 1.80. The molecule has 0 radical (unpaired) electrons. The molecular weight excluding hydrogens is 196 g/mol. The van der Waals surface area contributed by atoms with Crippen molar-refractivity contribution in [1.29, 1.82) is 0 Å². The Morgan fingerprint density at radius 3 is 2.60 bits per heavy atom. The largest absolute Gasteiger partial charge is 0.376 e. The van der Waals surface area contributed by atoms with E-state index in [4.69, 9.17) is 9.47 Å². The Morgan fingerprint density at radius 2 is 2.13 bits per heavy atom. The van der Waals surface area contributed by atoms with Crippen LogP contribution in [0.2, 0.25) is 0 Å². The highest BCUT2D eigenvalue weighted by molar-refractivity contribution is 6.02. The van der Waals surface area contributed by atoms with Crippen molar-refractivity contribution in [3.05, 3.63) is 0 Å². The Bertz CT molecular complexity index is 231. The van der Waals surface area contributed by atoms with E-state index in [1.54, 1.807) is 0 Å². The third-order valence-electron chi connectivity index (χ3n) is 2.49. The lowest BCUT2D eigenvalue weighted by Crippen LogP contribution is -2.42. The maximum absolute atomic E-state index is 11.7. The number of hydrogen-bond donors (Lipinski definition) is 0. The van der Waals surface area contributed by atoms with Gasteiger partial charge in [-0.15, -0.1) is 0 Å². The molecule has 1 saturated heterocycles. The molecule has 86 valence electrons. The summed E-state index contributed by atoms with van der Waals surface area (Å²) in [7, 11) is 0. The van der Waals surface area contributed by atoms with E-state index >= 15 is 0 Å². The fraction of sp³-hybridized carbons (Fsp3) is 0.818. The molecule has 1 fully saturated rings. The molecule has 1 aliphatic heterocycles. The average Bonchev–Trinajstić information content (AvgIpc) is 2.19. The van der Waals surface area contributed by atoms with E-state index in [2.05, 4.69) is 0 Å². The van der Waals surface area contributed by atoms with Crippen molar-refractivity contribution >= 4 is 11.6 Å². The van der Waals surface area contributed by atoms with Gasteiger partial charge in [-0.05, 0) is 13.3 Å². The van der Waals surface area contributed by atoms with Crippen LogP contribution in [0.15, 0.2) is 0 Å². The van der Waals surface area contributed by atoms with Crippen LogP contribution in [-0.2, 0) is 19.1 Å².